The molecule has 0 unspecified atom stereocenters. The number of carbonyl (C=O) groups is 6. The Balaban J connectivity index is 0.000000590. The molecule has 15 heteroatoms. The molecule has 9 N–H and O–H groups in total. The van der Waals surface area contributed by atoms with E-state index in [4.69, 9.17) is 16.6 Å². The van der Waals surface area contributed by atoms with E-state index in [2.05, 4.69) is 10.6 Å². The third kappa shape index (κ3) is 10.6. The van der Waals surface area contributed by atoms with Crippen molar-refractivity contribution in [2.45, 2.75) is 109 Å². The first-order valence-electron chi connectivity index (χ1n) is 13.8. The Kier molecular flexibility index (Phi) is 14.1. The number of amides is 5. The molecule has 0 aromatic rings. The Bertz CT molecular complexity index is 958. The predicted molar refractivity (Wildman–Crippen MR) is 147 cm³/mol. The van der Waals surface area contributed by atoms with Gasteiger partial charge in [0.1, 0.15) is 30.2 Å². The maximum absolute atomic E-state index is 13.1. The molecule has 0 saturated carbocycles. The highest BCUT2D eigenvalue weighted by Crippen LogP contribution is 2.25. The number of nitrogens with two attached hydrogens (primary N) is 2. The van der Waals surface area contributed by atoms with Gasteiger partial charge in [0.25, 0.3) is 0 Å². The van der Waals surface area contributed by atoms with E-state index in [0.29, 0.717) is 45.2 Å². The summed E-state index contributed by atoms with van der Waals surface area (Å²) in [7, 11) is 0. The SMILES string of the molecule is CC(=O)N[C@@H](CC(C)C)C(=O)O.C[C@@H](O)[C@H](N)C(=O)N1CCC[C@H]1C(=O)N1CCC[C@H]1C(=O)N[C@H](C(N)=O)[C@@H](C)O. The zero-order valence-electron chi connectivity index (χ0n) is 24.4. The molecular weight excluding hydrogens is 540 g/mol. The van der Waals surface area contributed by atoms with Crippen LogP contribution in [-0.4, -0.2) is 116 Å². The molecule has 2 aliphatic rings. The van der Waals surface area contributed by atoms with E-state index in [9.17, 15) is 39.0 Å². The molecule has 0 aromatic heterocycles. The summed E-state index contributed by atoms with van der Waals surface area (Å²) in [5, 5.41) is 32.7. The van der Waals surface area contributed by atoms with Gasteiger partial charge in [-0.3, -0.25) is 24.0 Å². The number of nitrogens with zero attached hydrogens (tertiary/aromatic N) is 2. The molecule has 2 aliphatic heterocycles. The van der Waals surface area contributed by atoms with Crippen molar-refractivity contribution in [2.75, 3.05) is 13.1 Å². The fourth-order valence-corrected chi connectivity index (χ4v) is 4.80. The Morgan fingerprint density at radius 3 is 1.85 bits per heavy atom. The number of hydrogen-bond donors (Lipinski definition) is 7. The van der Waals surface area contributed by atoms with Crippen LogP contribution in [0.3, 0.4) is 0 Å². The van der Waals surface area contributed by atoms with Gasteiger partial charge >= 0.3 is 5.97 Å². The summed E-state index contributed by atoms with van der Waals surface area (Å²) >= 11 is 0. The largest absolute Gasteiger partial charge is 0.480 e. The minimum absolute atomic E-state index is 0.262. The molecule has 0 aliphatic carbocycles. The van der Waals surface area contributed by atoms with E-state index >= 15 is 0 Å². The number of carboxylic acids is 1. The Labute approximate surface area is 240 Å². The van der Waals surface area contributed by atoms with Gasteiger partial charge in [-0.15, -0.1) is 0 Å². The number of likely N-dealkylation sites (tertiary alicyclic amines) is 2. The van der Waals surface area contributed by atoms with Crippen molar-refractivity contribution in [2.24, 2.45) is 17.4 Å². The van der Waals surface area contributed by atoms with Crippen molar-refractivity contribution in [3.63, 3.8) is 0 Å². The van der Waals surface area contributed by atoms with Crippen LogP contribution in [0.1, 0.15) is 66.7 Å². The highest BCUT2D eigenvalue weighted by atomic mass is 16.4. The lowest BCUT2D eigenvalue weighted by atomic mass is 10.0. The summed E-state index contributed by atoms with van der Waals surface area (Å²) in [5.41, 5.74) is 11.0. The van der Waals surface area contributed by atoms with Crippen molar-refractivity contribution in [3.8, 4) is 0 Å². The Morgan fingerprint density at radius 2 is 1.41 bits per heavy atom. The van der Waals surface area contributed by atoms with Crippen LogP contribution in [0.5, 0.6) is 0 Å². The highest BCUT2D eigenvalue weighted by molar-refractivity contribution is 5.95. The molecule has 2 rings (SSSR count). The average molecular weight is 587 g/mol. The van der Waals surface area contributed by atoms with Gasteiger partial charge in [-0.1, -0.05) is 13.8 Å². The highest BCUT2D eigenvalue weighted by Gasteiger charge is 2.44. The summed E-state index contributed by atoms with van der Waals surface area (Å²) < 4.78 is 0. The van der Waals surface area contributed by atoms with E-state index in [0.717, 1.165) is 0 Å². The standard InChI is InChI=1S/C18H31N5O6.C8H15NO3/c1-9(24)13(19)18(29)23-8-4-6-12(23)17(28)22-7-3-5-11(22)16(27)21-14(10(2)25)15(20)26;1-5(2)4-7(8(11)12)9-6(3)10/h9-14,24-25H,3-8,19H2,1-2H3,(H2,20,26)(H,21,27);5,7H,4H2,1-3H3,(H,9,10)(H,11,12)/t9-,10-,11+,12+,13+,14+;7-/m10/s1. The molecule has 2 saturated heterocycles. The quantitative estimate of drug-likeness (QED) is 0.136. The minimum Gasteiger partial charge on any atom is -0.480 e. The van der Waals surface area contributed by atoms with Gasteiger partial charge in [-0.05, 0) is 51.9 Å². The maximum Gasteiger partial charge on any atom is 0.326 e. The molecule has 2 heterocycles. The zero-order chi connectivity index (χ0) is 31.6. The van der Waals surface area contributed by atoms with Gasteiger partial charge in [0.05, 0.1) is 12.2 Å². The van der Waals surface area contributed by atoms with Crippen LogP contribution in [0, 0.1) is 5.92 Å². The van der Waals surface area contributed by atoms with Crippen LogP contribution in [0.4, 0.5) is 0 Å². The van der Waals surface area contributed by atoms with Gasteiger partial charge in [-0.25, -0.2) is 4.79 Å². The first kappa shape index (κ1) is 35.7. The number of carbonyl (C=O) groups excluding carboxylic acids is 5. The molecule has 7 atom stereocenters. The van der Waals surface area contributed by atoms with Crippen LogP contribution < -0.4 is 22.1 Å². The van der Waals surface area contributed by atoms with E-state index in [1.165, 1.54) is 30.6 Å². The molecule has 0 aromatic carbocycles. The Morgan fingerprint density at radius 1 is 0.878 bits per heavy atom. The second kappa shape index (κ2) is 16.2. The van der Waals surface area contributed by atoms with Gasteiger partial charge in [0.2, 0.25) is 29.5 Å². The first-order valence-corrected chi connectivity index (χ1v) is 13.8. The second-order valence-corrected chi connectivity index (χ2v) is 11.0. The Hall–Kier alpha value is -3.30. The van der Waals surface area contributed by atoms with Gasteiger partial charge in [-0.2, -0.15) is 0 Å². The summed E-state index contributed by atoms with van der Waals surface area (Å²) in [6.07, 6.45) is 0.298. The molecule has 15 nitrogen and oxygen atoms in total. The first-order chi connectivity index (χ1) is 19.0. The lowest BCUT2D eigenvalue weighted by Crippen LogP contribution is -2.58. The average Bonchev–Trinajstić information content (AvgIpc) is 3.55. The van der Waals surface area contributed by atoms with Crippen LogP contribution in [0.2, 0.25) is 0 Å². The summed E-state index contributed by atoms with van der Waals surface area (Å²) in [6, 6.07) is -4.69. The van der Waals surface area contributed by atoms with Crippen molar-refractivity contribution in [1.82, 2.24) is 20.4 Å². The third-order valence-corrected chi connectivity index (χ3v) is 6.93. The number of carboxylic acid groups (broad SMARTS) is 1. The third-order valence-electron chi connectivity index (χ3n) is 6.93. The summed E-state index contributed by atoms with van der Waals surface area (Å²) in [4.78, 5) is 73.7. The monoisotopic (exact) mass is 586 g/mol. The molecule has 0 bridgehead atoms. The molecule has 5 amide bonds. The molecule has 0 spiro atoms. The van der Waals surface area contributed by atoms with Crippen molar-refractivity contribution >= 4 is 35.5 Å². The molecular formula is C26H46N6O9. The van der Waals surface area contributed by atoms with Crippen molar-refractivity contribution < 1.29 is 44.1 Å². The summed E-state index contributed by atoms with van der Waals surface area (Å²) in [5.74, 6) is -3.32. The number of primary amides is 1. The van der Waals surface area contributed by atoms with Crippen LogP contribution in [0.15, 0.2) is 0 Å². The topological polar surface area (TPSA) is 246 Å². The van der Waals surface area contributed by atoms with Gasteiger partial charge in [0, 0.05) is 20.0 Å². The number of aliphatic hydroxyl groups is 2. The van der Waals surface area contributed by atoms with Gasteiger partial charge < -0.3 is 47.2 Å². The minimum atomic E-state index is -1.26. The van der Waals surface area contributed by atoms with E-state index in [1.54, 1.807) is 0 Å². The van der Waals surface area contributed by atoms with E-state index in [-0.39, 0.29) is 17.7 Å². The molecule has 2 fully saturated rings. The fraction of sp³-hybridized carbons (Fsp3) is 0.769. The molecule has 234 valence electrons. The van der Waals surface area contributed by atoms with E-state index < -0.39 is 66.1 Å². The van der Waals surface area contributed by atoms with E-state index in [1.807, 2.05) is 13.8 Å². The predicted octanol–water partition coefficient (Wildman–Crippen LogP) is -2.35. The van der Waals surface area contributed by atoms with Crippen molar-refractivity contribution in [3.05, 3.63) is 0 Å². The van der Waals surface area contributed by atoms with Gasteiger partial charge in [0.15, 0.2) is 0 Å². The number of aliphatic carboxylic acids is 1. The normalized spacial score (nSPS) is 22.1. The maximum atomic E-state index is 13.1. The van der Waals surface area contributed by atoms with Crippen molar-refractivity contribution in [1.29, 1.82) is 0 Å². The summed E-state index contributed by atoms with van der Waals surface area (Å²) in [6.45, 7) is 8.58. The number of aliphatic hydroxyl groups excluding tert-OH is 2. The fourth-order valence-electron chi connectivity index (χ4n) is 4.80. The lowest BCUT2D eigenvalue weighted by molar-refractivity contribution is -0.148. The second-order valence-electron chi connectivity index (χ2n) is 11.0. The smallest absolute Gasteiger partial charge is 0.326 e. The zero-order valence-corrected chi connectivity index (χ0v) is 24.4. The van der Waals surface area contributed by atoms with Crippen LogP contribution >= 0.6 is 0 Å². The molecule has 41 heavy (non-hydrogen) atoms. The number of rotatable bonds is 11. The number of nitrogens with one attached hydrogen (secondary N) is 2. The lowest BCUT2D eigenvalue weighted by Gasteiger charge is -2.33. The van der Waals surface area contributed by atoms with Crippen LogP contribution in [0.25, 0.3) is 0 Å². The molecule has 0 radical (unpaired) electrons. The van der Waals surface area contributed by atoms with Crippen LogP contribution in [-0.2, 0) is 28.8 Å². The number of hydrogen-bond acceptors (Lipinski definition) is 9.